The van der Waals surface area contributed by atoms with Gasteiger partial charge in [0.2, 0.25) is 5.91 Å². The van der Waals surface area contributed by atoms with Crippen molar-refractivity contribution in [2.24, 2.45) is 0 Å². The topological polar surface area (TPSA) is 75.9 Å². The number of benzene rings is 2. The number of carbonyl (C=O) groups excluding carboxylic acids is 1. The van der Waals surface area contributed by atoms with Crippen LogP contribution in [0.5, 0.6) is 5.75 Å². The average molecular weight is 383 g/mol. The van der Waals surface area contributed by atoms with Crippen LogP contribution in [0.2, 0.25) is 0 Å². The van der Waals surface area contributed by atoms with Crippen LogP contribution in [0.1, 0.15) is 17.5 Å². The van der Waals surface area contributed by atoms with Crippen molar-refractivity contribution in [1.82, 2.24) is 4.90 Å². The molecule has 0 spiro atoms. The van der Waals surface area contributed by atoms with Crippen LogP contribution in [0, 0.1) is 24.0 Å². The number of non-ortho nitro benzene ring substituents is 1. The second kappa shape index (κ2) is 8.73. The predicted octanol–water partition coefficient (Wildman–Crippen LogP) is 3.33. The first-order valence-electron chi connectivity index (χ1n) is 9.41. The molecule has 1 amide bonds. The number of aryl methyl sites for hydroxylation is 2. The molecule has 3 rings (SSSR count). The molecule has 0 unspecified atom stereocenters. The van der Waals surface area contributed by atoms with Gasteiger partial charge in [0.1, 0.15) is 5.75 Å². The van der Waals surface area contributed by atoms with Gasteiger partial charge in [-0.25, -0.2) is 0 Å². The lowest BCUT2D eigenvalue weighted by Gasteiger charge is -2.36. The molecule has 1 fully saturated rings. The van der Waals surface area contributed by atoms with E-state index >= 15 is 0 Å². The van der Waals surface area contributed by atoms with Crippen molar-refractivity contribution < 1.29 is 14.5 Å². The van der Waals surface area contributed by atoms with E-state index < -0.39 is 4.92 Å². The summed E-state index contributed by atoms with van der Waals surface area (Å²) in [4.78, 5) is 26.8. The Kier molecular flexibility index (Phi) is 6.13. The van der Waals surface area contributed by atoms with Gasteiger partial charge in [0.05, 0.1) is 18.0 Å². The molecule has 1 saturated heterocycles. The predicted molar refractivity (Wildman–Crippen MR) is 108 cm³/mol. The van der Waals surface area contributed by atoms with E-state index in [2.05, 4.69) is 4.90 Å². The highest BCUT2D eigenvalue weighted by molar-refractivity contribution is 5.76. The lowest BCUT2D eigenvalue weighted by molar-refractivity contribution is -0.384. The molecule has 0 aliphatic carbocycles. The van der Waals surface area contributed by atoms with E-state index in [0.29, 0.717) is 39.2 Å². The molecule has 0 atom stereocenters. The lowest BCUT2D eigenvalue weighted by atomic mass is 10.1. The fraction of sp³-hybridized carbons (Fsp3) is 0.381. The molecule has 7 nitrogen and oxygen atoms in total. The number of hydrogen-bond acceptors (Lipinski definition) is 5. The van der Waals surface area contributed by atoms with E-state index in [4.69, 9.17) is 4.74 Å². The fourth-order valence-corrected chi connectivity index (χ4v) is 3.27. The molecule has 0 radical (unpaired) electrons. The van der Waals surface area contributed by atoms with Crippen molar-refractivity contribution in [1.29, 1.82) is 0 Å². The second-order valence-corrected chi connectivity index (χ2v) is 7.01. The zero-order chi connectivity index (χ0) is 20.1. The molecule has 1 aliphatic rings. The standard InChI is InChI=1S/C21H25N3O4/c1-16-3-4-17(2)20(15-16)28-14-9-21(25)23-12-10-22(11-13-23)18-5-7-19(8-6-18)24(26)27/h3-8,15H,9-14H2,1-2H3. The van der Waals surface area contributed by atoms with Crippen LogP contribution >= 0.6 is 0 Å². The van der Waals surface area contributed by atoms with Gasteiger partial charge in [0, 0.05) is 44.0 Å². The van der Waals surface area contributed by atoms with Crippen LogP contribution in [-0.4, -0.2) is 48.5 Å². The van der Waals surface area contributed by atoms with Gasteiger partial charge in [-0.15, -0.1) is 0 Å². The molecule has 0 aromatic heterocycles. The highest BCUT2D eigenvalue weighted by Crippen LogP contribution is 2.21. The van der Waals surface area contributed by atoms with Crippen molar-refractivity contribution in [3.05, 3.63) is 63.7 Å². The smallest absolute Gasteiger partial charge is 0.269 e. The highest BCUT2D eigenvalue weighted by atomic mass is 16.6. The zero-order valence-corrected chi connectivity index (χ0v) is 16.3. The van der Waals surface area contributed by atoms with Gasteiger partial charge in [0.15, 0.2) is 0 Å². The number of carbonyl (C=O) groups is 1. The number of piperazine rings is 1. The third kappa shape index (κ3) is 4.79. The van der Waals surface area contributed by atoms with Gasteiger partial charge in [-0.3, -0.25) is 14.9 Å². The number of amides is 1. The molecule has 7 heteroatoms. The van der Waals surface area contributed by atoms with E-state index in [1.165, 1.54) is 12.1 Å². The molecule has 28 heavy (non-hydrogen) atoms. The van der Waals surface area contributed by atoms with Crippen molar-refractivity contribution in [2.75, 3.05) is 37.7 Å². The molecular formula is C21H25N3O4. The quantitative estimate of drug-likeness (QED) is 0.565. The second-order valence-electron chi connectivity index (χ2n) is 7.01. The Hall–Kier alpha value is -3.09. The Bertz CT molecular complexity index is 843. The first-order chi connectivity index (χ1) is 13.4. The summed E-state index contributed by atoms with van der Waals surface area (Å²) in [6.45, 7) is 7.07. The summed E-state index contributed by atoms with van der Waals surface area (Å²) in [6.07, 6.45) is 0.352. The van der Waals surface area contributed by atoms with Crippen LogP contribution in [0.3, 0.4) is 0 Å². The first-order valence-corrected chi connectivity index (χ1v) is 9.41. The first kappa shape index (κ1) is 19.7. The number of nitro benzene ring substituents is 1. The summed E-state index contributed by atoms with van der Waals surface area (Å²) in [5.41, 5.74) is 3.22. The summed E-state index contributed by atoms with van der Waals surface area (Å²) in [5, 5.41) is 10.8. The van der Waals surface area contributed by atoms with Crippen LogP contribution in [0.4, 0.5) is 11.4 Å². The fourth-order valence-electron chi connectivity index (χ4n) is 3.27. The normalized spacial score (nSPS) is 14.1. The van der Waals surface area contributed by atoms with Crippen LogP contribution in [-0.2, 0) is 4.79 Å². The molecule has 0 N–H and O–H groups in total. The van der Waals surface area contributed by atoms with Crippen molar-refractivity contribution in [3.63, 3.8) is 0 Å². The highest BCUT2D eigenvalue weighted by Gasteiger charge is 2.21. The molecule has 1 aliphatic heterocycles. The Morgan fingerprint density at radius 2 is 1.75 bits per heavy atom. The number of hydrogen-bond donors (Lipinski definition) is 0. The van der Waals surface area contributed by atoms with E-state index in [-0.39, 0.29) is 11.6 Å². The number of anilines is 1. The third-order valence-corrected chi connectivity index (χ3v) is 4.98. The Morgan fingerprint density at radius 1 is 1.07 bits per heavy atom. The van der Waals surface area contributed by atoms with Crippen LogP contribution in [0.25, 0.3) is 0 Å². The average Bonchev–Trinajstić information content (AvgIpc) is 2.70. The molecular weight excluding hydrogens is 358 g/mol. The molecule has 0 bridgehead atoms. The summed E-state index contributed by atoms with van der Waals surface area (Å²) in [6, 6.07) is 12.6. The Morgan fingerprint density at radius 3 is 2.39 bits per heavy atom. The third-order valence-electron chi connectivity index (χ3n) is 4.98. The van der Waals surface area contributed by atoms with Gasteiger partial charge < -0.3 is 14.5 Å². The maximum atomic E-state index is 12.5. The van der Waals surface area contributed by atoms with Crippen LogP contribution < -0.4 is 9.64 Å². The van der Waals surface area contributed by atoms with E-state index in [9.17, 15) is 14.9 Å². The molecule has 2 aromatic rings. The summed E-state index contributed by atoms with van der Waals surface area (Å²) < 4.78 is 5.79. The molecule has 148 valence electrons. The van der Waals surface area contributed by atoms with E-state index in [1.807, 2.05) is 36.9 Å². The summed E-state index contributed by atoms with van der Waals surface area (Å²) in [7, 11) is 0. The number of nitro groups is 1. The number of nitrogens with zero attached hydrogens (tertiary/aromatic N) is 3. The molecule has 1 heterocycles. The van der Waals surface area contributed by atoms with Gasteiger partial charge in [-0.05, 0) is 43.2 Å². The van der Waals surface area contributed by atoms with E-state index in [0.717, 1.165) is 22.6 Å². The Balaban J connectivity index is 1.45. The minimum atomic E-state index is -0.402. The zero-order valence-electron chi connectivity index (χ0n) is 16.3. The van der Waals surface area contributed by atoms with Crippen molar-refractivity contribution >= 4 is 17.3 Å². The SMILES string of the molecule is Cc1ccc(C)c(OCCC(=O)N2CCN(c3ccc([N+](=O)[O-])cc3)CC2)c1. The summed E-state index contributed by atoms with van der Waals surface area (Å²) in [5.74, 6) is 0.921. The molecule has 0 saturated carbocycles. The maximum absolute atomic E-state index is 12.5. The van der Waals surface area contributed by atoms with Crippen molar-refractivity contribution in [2.45, 2.75) is 20.3 Å². The maximum Gasteiger partial charge on any atom is 0.269 e. The monoisotopic (exact) mass is 383 g/mol. The van der Waals surface area contributed by atoms with Gasteiger partial charge in [-0.2, -0.15) is 0 Å². The largest absolute Gasteiger partial charge is 0.493 e. The molecule has 2 aromatic carbocycles. The lowest BCUT2D eigenvalue weighted by Crippen LogP contribution is -2.49. The van der Waals surface area contributed by atoms with Gasteiger partial charge in [-0.1, -0.05) is 12.1 Å². The summed E-state index contributed by atoms with van der Waals surface area (Å²) >= 11 is 0. The van der Waals surface area contributed by atoms with Crippen molar-refractivity contribution in [3.8, 4) is 5.75 Å². The van der Waals surface area contributed by atoms with Gasteiger partial charge >= 0.3 is 0 Å². The van der Waals surface area contributed by atoms with E-state index in [1.54, 1.807) is 12.1 Å². The van der Waals surface area contributed by atoms with Gasteiger partial charge in [0.25, 0.3) is 5.69 Å². The Labute approximate surface area is 164 Å². The number of ether oxygens (including phenoxy) is 1. The van der Waals surface area contributed by atoms with Crippen LogP contribution in [0.15, 0.2) is 42.5 Å². The minimum absolute atomic E-state index is 0.0846. The minimum Gasteiger partial charge on any atom is -0.493 e. The number of rotatable bonds is 6.